The van der Waals surface area contributed by atoms with Crippen LogP contribution in [0.25, 0.3) is 0 Å². The highest BCUT2D eigenvalue weighted by Gasteiger charge is 2.26. The van der Waals surface area contributed by atoms with Crippen LogP contribution >= 0.6 is 0 Å². The summed E-state index contributed by atoms with van der Waals surface area (Å²) < 4.78 is 0. The van der Waals surface area contributed by atoms with Crippen molar-refractivity contribution in [2.24, 2.45) is 0 Å². The van der Waals surface area contributed by atoms with Crippen LogP contribution in [0.5, 0.6) is 0 Å². The lowest BCUT2D eigenvalue weighted by molar-refractivity contribution is 0.0715. The van der Waals surface area contributed by atoms with Crippen LogP contribution in [-0.2, 0) is 0 Å². The van der Waals surface area contributed by atoms with E-state index in [9.17, 15) is 5.11 Å². The van der Waals surface area contributed by atoms with E-state index in [0.29, 0.717) is 19.3 Å². The molecule has 1 atom stereocenters. The molecule has 0 spiro atoms. The summed E-state index contributed by atoms with van der Waals surface area (Å²) in [7, 11) is 0. The van der Waals surface area contributed by atoms with Crippen molar-refractivity contribution in [2.45, 2.75) is 38.7 Å². The van der Waals surface area contributed by atoms with Crippen LogP contribution in [0.2, 0.25) is 0 Å². The second-order valence-corrected chi connectivity index (χ2v) is 3.65. The van der Waals surface area contributed by atoms with Crippen LogP contribution in [0, 0.1) is 12.3 Å². The van der Waals surface area contributed by atoms with E-state index in [-0.39, 0.29) is 0 Å². The molecule has 0 fully saturated rings. The highest BCUT2D eigenvalue weighted by Crippen LogP contribution is 2.27. The van der Waals surface area contributed by atoms with Gasteiger partial charge in [0, 0.05) is 12.8 Å². The van der Waals surface area contributed by atoms with Crippen molar-refractivity contribution in [3.05, 3.63) is 24.3 Å². The first-order chi connectivity index (χ1) is 5.92. The summed E-state index contributed by atoms with van der Waals surface area (Å²) in [6.07, 6.45) is 6.83. The molecule has 0 saturated carbocycles. The Bertz CT molecular complexity index is 244. The van der Waals surface area contributed by atoms with Gasteiger partial charge >= 0.3 is 0 Å². The highest BCUT2D eigenvalue weighted by atomic mass is 16.3. The van der Waals surface area contributed by atoms with Gasteiger partial charge in [-0.1, -0.05) is 12.2 Å². The third-order valence-electron chi connectivity index (χ3n) is 2.07. The zero-order valence-corrected chi connectivity index (χ0v) is 8.56. The van der Waals surface area contributed by atoms with Gasteiger partial charge in [0.1, 0.15) is 0 Å². The van der Waals surface area contributed by atoms with E-state index in [0.717, 1.165) is 11.1 Å². The summed E-state index contributed by atoms with van der Waals surface area (Å²) in [5, 5.41) is 10.1. The summed E-state index contributed by atoms with van der Waals surface area (Å²) in [5.74, 6) is 2.52. The summed E-state index contributed by atoms with van der Waals surface area (Å²) >= 11 is 0. The minimum absolute atomic E-state index is 0.546. The van der Waals surface area contributed by atoms with Crippen molar-refractivity contribution in [2.75, 3.05) is 0 Å². The van der Waals surface area contributed by atoms with Gasteiger partial charge in [-0.3, -0.25) is 0 Å². The molecule has 0 aromatic carbocycles. The number of terminal acetylenes is 1. The predicted octanol–water partition coefficient (Wildman–Crippen LogP) is 2.67. The van der Waals surface area contributed by atoms with Crippen molar-refractivity contribution in [3.63, 3.8) is 0 Å². The minimum Gasteiger partial charge on any atom is -0.385 e. The number of aliphatic hydroxyl groups is 1. The molecule has 13 heavy (non-hydrogen) atoms. The van der Waals surface area contributed by atoms with Gasteiger partial charge in [0.05, 0.1) is 5.60 Å². The molecular weight excluding hydrogens is 160 g/mol. The monoisotopic (exact) mass is 178 g/mol. The van der Waals surface area contributed by atoms with E-state index in [1.165, 1.54) is 0 Å². The Hall–Kier alpha value is -1.00. The van der Waals surface area contributed by atoms with E-state index in [2.05, 4.69) is 19.1 Å². The van der Waals surface area contributed by atoms with Crippen molar-refractivity contribution >= 4 is 0 Å². The fourth-order valence-corrected chi connectivity index (χ4v) is 1.23. The van der Waals surface area contributed by atoms with Crippen LogP contribution in [0.3, 0.4) is 0 Å². The van der Waals surface area contributed by atoms with Gasteiger partial charge in [0.25, 0.3) is 0 Å². The van der Waals surface area contributed by atoms with Gasteiger partial charge in [-0.25, -0.2) is 0 Å². The fraction of sp³-hybridized carbons (Fsp3) is 0.500. The molecule has 1 N–H and O–H groups in total. The molecule has 0 rings (SSSR count). The van der Waals surface area contributed by atoms with Crippen LogP contribution in [-0.4, -0.2) is 10.7 Å². The molecule has 0 radical (unpaired) electrons. The summed E-state index contributed by atoms with van der Waals surface area (Å²) in [5.41, 5.74) is 0.839. The molecule has 0 aliphatic rings. The Morgan fingerprint density at radius 3 is 2.31 bits per heavy atom. The Labute approximate surface area is 81.2 Å². The summed E-state index contributed by atoms with van der Waals surface area (Å²) in [4.78, 5) is 0. The third-order valence-corrected chi connectivity index (χ3v) is 2.07. The zero-order chi connectivity index (χ0) is 10.5. The Balaban J connectivity index is 4.45. The molecule has 0 amide bonds. The Morgan fingerprint density at radius 2 is 2.00 bits per heavy atom. The van der Waals surface area contributed by atoms with Crippen molar-refractivity contribution in [3.8, 4) is 12.3 Å². The maximum Gasteiger partial charge on any atom is 0.0897 e. The molecule has 0 heterocycles. The second kappa shape index (κ2) is 4.89. The predicted molar refractivity (Wildman–Crippen MR) is 57.3 cm³/mol. The van der Waals surface area contributed by atoms with Gasteiger partial charge in [-0.2, -0.15) is 0 Å². The normalized spacial score (nSPS) is 14.3. The SMILES string of the molecule is C#CCC[C@](O)(CC(=C)C)C(=C)C. The van der Waals surface area contributed by atoms with Gasteiger partial charge in [-0.15, -0.1) is 18.9 Å². The quantitative estimate of drug-likeness (QED) is 0.507. The molecular formula is C12H18O. The lowest BCUT2D eigenvalue weighted by Gasteiger charge is -2.28. The number of hydrogen-bond acceptors (Lipinski definition) is 1. The molecule has 1 nitrogen and oxygen atoms in total. The van der Waals surface area contributed by atoms with Crippen molar-refractivity contribution in [1.29, 1.82) is 0 Å². The minimum atomic E-state index is -0.863. The molecule has 72 valence electrons. The molecule has 0 aromatic rings. The number of hydrogen-bond donors (Lipinski definition) is 1. The lowest BCUT2D eigenvalue weighted by atomic mass is 9.85. The molecule has 1 heteroatoms. The first-order valence-electron chi connectivity index (χ1n) is 4.38. The van der Waals surface area contributed by atoms with Gasteiger partial charge < -0.3 is 5.11 Å². The highest BCUT2D eigenvalue weighted by molar-refractivity contribution is 5.15. The average Bonchev–Trinajstić information content (AvgIpc) is 1.99. The average molecular weight is 178 g/mol. The van der Waals surface area contributed by atoms with Gasteiger partial charge in [0.15, 0.2) is 0 Å². The maximum atomic E-state index is 10.1. The summed E-state index contributed by atoms with van der Waals surface area (Å²) in [6.45, 7) is 11.3. The molecule has 0 bridgehead atoms. The van der Waals surface area contributed by atoms with Crippen LogP contribution < -0.4 is 0 Å². The lowest BCUT2D eigenvalue weighted by Crippen LogP contribution is -2.29. The Morgan fingerprint density at radius 1 is 1.46 bits per heavy atom. The van der Waals surface area contributed by atoms with Gasteiger partial charge in [-0.05, 0) is 25.8 Å². The molecule has 0 aliphatic carbocycles. The van der Waals surface area contributed by atoms with Gasteiger partial charge in [0.2, 0.25) is 0 Å². The van der Waals surface area contributed by atoms with E-state index in [4.69, 9.17) is 6.42 Å². The van der Waals surface area contributed by atoms with Crippen molar-refractivity contribution < 1.29 is 5.11 Å². The van der Waals surface area contributed by atoms with E-state index in [1.54, 1.807) is 0 Å². The second-order valence-electron chi connectivity index (χ2n) is 3.65. The first-order valence-corrected chi connectivity index (χ1v) is 4.38. The smallest absolute Gasteiger partial charge is 0.0897 e. The van der Waals surface area contributed by atoms with E-state index >= 15 is 0 Å². The number of rotatable bonds is 5. The molecule has 0 aliphatic heterocycles. The van der Waals surface area contributed by atoms with E-state index in [1.807, 2.05) is 13.8 Å². The molecule has 0 saturated heterocycles. The first kappa shape index (κ1) is 12.0. The topological polar surface area (TPSA) is 20.2 Å². The Kier molecular flexibility index (Phi) is 4.51. The van der Waals surface area contributed by atoms with Crippen molar-refractivity contribution in [1.82, 2.24) is 0 Å². The molecule has 0 unspecified atom stereocenters. The van der Waals surface area contributed by atoms with Crippen LogP contribution in [0.4, 0.5) is 0 Å². The van der Waals surface area contributed by atoms with Crippen LogP contribution in [0.15, 0.2) is 24.3 Å². The standard InChI is InChI=1S/C12H18O/c1-6-7-8-12(13,11(4)5)9-10(2)3/h1,13H,2,4,7-9H2,3,5H3/t12-/m0/s1. The largest absolute Gasteiger partial charge is 0.385 e. The zero-order valence-electron chi connectivity index (χ0n) is 8.56. The van der Waals surface area contributed by atoms with Crippen LogP contribution in [0.1, 0.15) is 33.1 Å². The summed E-state index contributed by atoms with van der Waals surface area (Å²) in [6, 6.07) is 0. The van der Waals surface area contributed by atoms with E-state index < -0.39 is 5.60 Å². The fourth-order valence-electron chi connectivity index (χ4n) is 1.23. The molecule has 0 aromatic heterocycles. The maximum absolute atomic E-state index is 10.1. The third kappa shape index (κ3) is 3.96.